The highest BCUT2D eigenvalue weighted by molar-refractivity contribution is 5.09. The molecule has 1 aliphatic rings. The molecular formula is C13H20N2O2. The van der Waals surface area contributed by atoms with Crippen molar-refractivity contribution in [2.45, 2.75) is 45.6 Å². The molecular weight excluding hydrogens is 216 g/mol. The van der Waals surface area contributed by atoms with E-state index in [-0.39, 0.29) is 5.56 Å². The van der Waals surface area contributed by atoms with Crippen molar-refractivity contribution in [3.05, 3.63) is 27.9 Å². The van der Waals surface area contributed by atoms with E-state index in [0.717, 1.165) is 31.6 Å². The molecule has 1 unspecified atom stereocenters. The van der Waals surface area contributed by atoms with Crippen LogP contribution in [0.5, 0.6) is 0 Å². The SMILES string of the molecule is CC(C)Cc1cc(=O)[nH]c(C2(C)CCCO2)n1. The molecule has 1 saturated heterocycles. The first-order valence-corrected chi connectivity index (χ1v) is 6.24. The van der Waals surface area contributed by atoms with Crippen molar-refractivity contribution in [1.82, 2.24) is 9.97 Å². The van der Waals surface area contributed by atoms with Gasteiger partial charge < -0.3 is 9.72 Å². The van der Waals surface area contributed by atoms with E-state index < -0.39 is 5.60 Å². The second-order valence-corrected chi connectivity index (χ2v) is 5.37. The van der Waals surface area contributed by atoms with Gasteiger partial charge in [0.05, 0.1) is 0 Å². The van der Waals surface area contributed by atoms with Gasteiger partial charge in [0.15, 0.2) is 0 Å². The zero-order chi connectivity index (χ0) is 12.5. The number of rotatable bonds is 3. The largest absolute Gasteiger partial charge is 0.367 e. The highest BCUT2D eigenvalue weighted by Crippen LogP contribution is 2.32. The van der Waals surface area contributed by atoms with Gasteiger partial charge in [0, 0.05) is 18.4 Å². The topological polar surface area (TPSA) is 55.0 Å². The second-order valence-electron chi connectivity index (χ2n) is 5.37. The highest BCUT2D eigenvalue weighted by atomic mass is 16.5. The van der Waals surface area contributed by atoms with Gasteiger partial charge in [0.25, 0.3) is 5.56 Å². The Labute approximate surface area is 101 Å². The smallest absolute Gasteiger partial charge is 0.251 e. The molecule has 2 heterocycles. The molecule has 1 aromatic rings. The van der Waals surface area contributed by atoms with E-state index in [9.17, 15) is 4.79 Å². The number of hydrogen-bond donors (Lipinski definition) is 1. The fourth-order valence-corrected chi connectivity index (χ4v) is 2.25. The minimum atomic E-state index is -0.411. The molecule has 0 aliphatic carbocycles. The minimum absolute atomic E-state index is 0.0811. The van der Waals surface area contributed by atoms with Crippen LogP contribution >= 0.6 is 0 Å². The normalized spacial score (nSPS) is 24.5. The van der Waals surface area contributed by atoms with Gasteiger partial charge in [-0.15, -0.1) is 0 Å². The molecule has 0 spiro atoms. The molecule has 0 aromatic carbocycles. The van der Waals surface area contributed by atoms with Gasteiger partial charge >= 0.3 is 0 Å². The Kier molecular flexibility index (Phi) is 3.33. The van der Waals surface area contributed by atoms with E-state index in [1.54, 1.807) is 6.07 Å². The van der Waals surface area contributed by atoms with Gasteiger partial charge in [-0.3, -0.25) is 4.79 Å². The van der Waals surface area contributed by atoms with Crippen LogP contribution in [0.3, 0.4) is 0 Å². The number of hydrogen-bond acceptors (Lipinski definition) is 3. The number of nitrogens with zero attached hydrogens (tertiary/aromatic N) is 1. The summed E-state index contributed by atoms with van der Waals surface area (Å²) in [6, 6.07) is 1.59. The third-order valence-electron chi connectivity index (χ3n) is 3.13. The standard InChI is InChI=1S/C13H20N2O2/c1-9(2)7-10-8-11(16)15-12(14-10)13(3)5-4-6-17-13/h8-9H,4-7H2,1-3H3,(H,14,15,16). The monoisotopic (exact) mass is 236 g/mol. The van der Waals surface area contributed by atoms with Gasteiger partial charge in [0.1, 0.15) is 11.4 Å². The van der Waals surface area contributed by atoms with Crippen molar-refractivity contribution in [3.63, 3.8) is 0 Å². The van der Waals surface area contributed by atoms with Crippen molar-refractivity contribution < 1.29 is 4.74 Å². The maximum atomic E-state index is 11.6. The number of ether oxygens (including phenoxy) is 1. The molecule has 1 aliphatic heterocycles. The van der Waals surface area contributed by atoms with Crippen molar-refractivity contribution >= 4 is 0 Å². The third-order valence-corrected chi connectivity index (χ3v) is 3.13. The summed E-state index contributed by atoms with van der Waals surface area (Å²) in [6.07, 6.45) is 2.77. The molecule has 1 fully saturated rings. The van der Waals surface area contributed by atoms with Crippen molar-refractivity contribution in [3.8, 4) is 0 Å². The van der Waals surface area contributed by atoms with Crippen molar-refractivity contribution in [1.29, 1.82) is 0 Å². The summed E-state index contributed by atoms with van der Waals surface area (Å²) in [7, 11) is 0. The van der Waals surface area contributed by atoms with Gasteiger partial charge in [-0.1, -0.05) is 13.8 Å². The number of H-pyrrole nitrogens is 1. The molecule has 94 valence electrons. The second kappa shape index (κ2) is 4.61. The average Bonchev–Trinajstić information content (AvgIpc) is 2.64. The summed E-state index contributed by atoms with van der Waals surface area (Å²) in [5, 5.41) is 0. The molecule has 0 amide bonds. The first-order chi connectivity index (χ1) is 7.99. The van der Waals surface area contributed by atoms with Crippen molar-refractivity contribution in [2.75, 3.05) is 6.61 Å². The molecule has 1 aromatic heterocycles. The first-order valence-electron chi connectivity index (χ1n) is 6.24. The lowest BCUT2D eigenvalue weighted by Crippen LogP contribution is -2.27. The van der Waals surface area contributed by atoms with E-state index in [4.69, 9.17) is 4.74 Å². The van der Waals surface area contributed by atoms with Crippen LogP contribution in [0.25, 0.3) is 0 Å². The fourth-order valence-electron chi connectivity index (χ4n) is 2.25. The maximum absolute atomic E-state index is 11.6. The van der Waals surface area contributed by atoms with Crippen LogP contribution < -0.4 is 5.56 Å². The summed E-state index contributed by atoms with van der Waals surface area (Å²) < 4.78 is 5.71. The summed E-state index contributed by atoms with van der Waals surface area (Å²) in [4.78, 5) is 19.0. The lowest BCUT2D eigenvalue weighted by atomic mass is 10.0. The molecule has 4 heteroatoms. The summed E-state index contributed by atoms with van der Waals surface area (Å²) in [6.45, 7) is 6.98. The van der Waals surface area contributed by atoms with Crippen LogP contribution in [-0.2, 0) is 16.8 Å². The third kappa shape index (κ3) is 2.75. The van der Waals surface area contributed by atoms with Gasteiger partial charge in [-0.2, -0.15) is 0 Å². The lowest BCUT2D eigenvalue weighted by Gasteiger charge is -2.22. The molecule has 0 saturated carbocycles. The molecule has 17 heavy (non-hydrogen) atoms. The van der Waals surface area contributed by atoms with Gasteiger partial charge in [-0.25, -0.2) is 4.98 Å². The van der Waals surface area contributed by atoms with Crippen LogP contribution in [0.1, 0.15) is 45.1 Å². The van der Waals surface area contributed by atoms with Crippen LogP contribution in [0.2, 0.25) is 0 Å². The molecule has 1 N–H and O–H groups in total. The lowest BCUT2D eigenvalue weighted by molar-refractivity contribution is 0.00892. The molecule has 0 bridgehead atoms. The summed E-state index contributed by atoms with van der Waals surface area (Å²) in [5.74, 6) is 1.17. The minimum Gasteiger partial charge on any atom is -0.367 e. The fraction of sp³-hybridized carbons (Fsp3) is 0.692. The quantitative estimate of drug-likeness (QED) is 0.873. The van der Waals surface area contributed by atoms with Gasteiger partial charge in [0.2, 0.25) is 0 Å². The zero-order valence-electron chi connectivity index (χ0n) is 10.7. The number of nitrogens with one attached hydrogen (secondary N) is 1. The Morgan fingerprint density at radius 1 is 1.59 bits per heavy atom. The predicted molar refractivity (Wildman–Crippen MR) is 65.9 cm³/mol. The van der Waals surface area contributed by atoms with Crippen LogP contribution in [0.4, 0.5) is 0 Å². The Morgan fingerprint density at radius 3 is 2.94 bits per heavy atom. The number of aromatic amines is 1. The van der Waals surface area contributed by atoms with E-state index in [1.165, 1.54) is 0 Å². The zero-order valence-corrected chi connectivity index (χ0v) is 10.7. The maximum Gasteiger partial charge on any atom is 0.251 e. The molecule has 1 atom stereocenters. The average molecular weight is 236 g/mol. The Balaban J connectivity index is 2.34. The Hall–Kier alpha value is -1.16. The van der Waals surface area contributed by atoms with Gasteiger partial charge in [-0.05, 0) is 32.1 Å². The predicted octanol–water partition coefficient (Wildman–Crippen LogP) is 1.99. The van der Waals surface area contributed by atoms with E-state index in [1.807, 2.05) is 6.92 Å². The van der Waals surface area contributed by atoms with E-state index in [0.29, 0.717) is 11.7 Å². The van der Waals surface area contributed by atoms with Crippen LogP contribution in [0.15, 0.2) is 10.9 Å². The molecule has 4 nitrogen and oxygen atoms in total. The van der Waals surface area contributed by atoms with Crippen LogP contribution in [-0.4, -0.2) is 16.6 Å². The van der Waals surface area contributed by atoms with Crippen LogP contribution in [0, 0.1) is 5.92 Å². The molecule has 0 radical (unpaired) electrons. The Bertz CT molecular complexity index is 445. The first kappa shape index (κ1) is 12.3. The summed E-state index contributed by atoms with van der Waals surface area (Å²) >= 11 is 0. The Morgan fingerprint density at radius 2 is 2.35 bits per heavy atom. The van der Waals surface area contributed by atoms with E-state index >= 15 is 0 Å². The number of aromatic nitrogens is 2. The highest BCUT2D eigenvalue weighted by Gasteiger charge is 2.34. The molecule has 2 rings (SSSR count). The summed E-state index contributed by atoms with van der Waals surface area (Å²) in [5.41, 5.74) is 0.365. The van der Waals surface area contributed by atoms with E-state index in [2.05, 4.69) is 23.8 Å². The van der Waals surface area contributed by atoms with Crippen molar-refractivity contribution in [2.24, 2.45) is 5.92 Å².